The summed E-state index contributed by atoms with van der Waals surface area (Å²) in [7, 11) is 2.03. The summed E-state index contributed by atoms with van der Waals surface area (Å²) < 4.78 is 0. The van der Waals surface area contributed by atoms with Gasteiger partial charge in [-0.2, -0.15) is 0 Å². The van der Waals surface area contributed by atoms with E-state index in [0.29, 0.717) is 12.1 Å². The van der Waals surface area contributed by atoms with E-state index in [9.17, 15) is 4.79 Å². The number of aromatic amines is 1. The van der Waals surface area contributed by atoms with Gasteiger partial charge in [-0.25, -0.2) is 4.98 Å². The minimum absolute atomic E-state index is 0.0832. The molecule has 0 aliphatic rings. The van der Waals surface area contributed by atoms with Crippen LogP contribution in [0, 0.1) is 0 Å². The Labute approximate surface area is 154 Å². The number of para-hydroxylation sites is 1. The van der Waals surface area contributed by atoms with E-state index in [4.69, 9.17) is 0 Å². The van der Waals surface area contributed by atoms with Crippen molar-refractivity contribution >= 4 is 22.6 Å². The van der Waals surface area contributed by atoms with Crippen LogP contribution in [0.15, 0.2) is 48.8 Å². The smallest absolute Gasteiger partial charge is 0.252 e. The first-order chi connectivity index (χ1) is 12.7. The second-order valence-corrected chi connectivity index (χ2v) is 6.55. The number of nitrogens with zero attached hydrogens (tertiary/aromatic N) is 2. The summed E-state index contributed by atoms with van der Waals surface area (Å²) in [5.74, 6) is 0.814. The highest BCUT2D eigenvalue weighted by atomic mass is 16.1. The van der Waals surface area contributed by atoms with Crippen molar-refractivity contribution in [2.24, 2.45) is 0 Å². The van der Waals surface area contributed by atoms with Crippen molar-refractivity contribution in [3.8, 4) is 0 Å². The van der Waals surface area contributed by atoms with Crippen LogP contribution in [0.2, 0.25) is 0 Å². The standard InChI is InChI=1S/C21H26N4O/c1-3-4-13-25(2)20-10-9-17(15-24-20)21(26)22-12-11-16-14-23-19-8-6-5-7-18(16)19/h5-10,14-15,23H,3-4,11-13H2,1-2H3,(H,22,26). The lowest BCUT2D eigenvalue weighted by molar-refractivity contribution is 0.0954. The summed E-state index contributed by atoms with van der Waals surface area (Å²) in [5.41, 5.74) is 2.93. The minimum Gasteiger partial charge on any atom is -0.361 e. The predicted octanol–water partition coefficient (Wildman–Crippen LogP) is 3.77. The molecule has 0 atom stereocenters. The molecule has 5 nitrogen and oxygen atoms in total. The van der Waals surface area contributed by atoms with E-state index in [0.717, 1.165) is 37.1 Å². The van der Waals surface area contributed by atoms with E-state index in [-0.39, 0.29) is 5.91 Å². The summed E-state index contributed by atoms with van der Waals surface area (Å²) in [5, 5.41) is 4.19. The molecule has 0 aliphatic carbocycles. The maximum absolute atomic E-state index is 12.3. The van der Waals surface area contributed by atoms with Crippen molar-refractivity contribution in [3.05, 3.63) is 59.9 Å². The van der Waals surface area contributed by atoms with E-state index in [2.05, 4.69) is 39.2 Å². The Kier molecular flexibility index (Phi) is 5.89. The lowest BCUT2D eigenvalue weighted by Crippen LogP contribution is -2.26. The van der Waals surface area contributed by atoms with Gasteiger partial charge in [0.05, 0.1) is 5.56 Å². The summed E-state index contributed by atoms with van der Waals surface area (Å²) >= 11 is 0. The number of rotatable bonds is 8. The Hall–Kier alpha value is -2.82. The van der Waals surface area contributed by atoms with Gasteiger partial charge in [0.15, 0.2) is 0 Å². The third-order valence-electron chi connectivity index (χ3n) is 4.60. The molecule has 0 aliphatic heterocycles. The van der Waals surface area contributed by atoms with Gasteiger partial charge in [0, 0.05) is 43.4 Å². The lowest BCUT2D eigenvalue weighted by Gasteiger charge is -2.17. The van der Waals surface area contributed by atoms with Crippen molar-refractivity contribution in [1.29, 1.82) is 0 Å². The third kappa shape index (κ3) is 4.23. The zero-order chi connectivity index (χ0) is 18.4. The maximum Gasteiger partial charge on any atom is 0.252 e. The second kappa shape index (κ2) is 8.52. The third-order valence-corrected chi connectivity index (χ3v) is 4.60. The summed E-state index contributed by atoms with van der Waals surface area (Å²) in [6.45, 7) is 3.74. The Morgan fingerprint density at radius 1 is 1.23 bits per heavy atom. The number of unbranched alkanes of at least 4 members (excludes halogenated alkanes) is 1. The zero-order valence-electron chi connectivity index (χ0n) is 15.5. The first-order valence-electron chi connectivity index (χ1n) is 9.19. The molecule has 0 fully saturated rings. The van der Waals surface area contributed by atoms with E-state index < -0.39 is 0 Å². The molecular weight excluding hydrogens is 324 g/mol. The van der Waals surface area contributed by atoms with E-state index in [1.54, 1.807) is 6.20 Å². The Morgan fingerprint density at radius 2 is 2.08 bits per heavy atom. The number of aromatic nitrogens is 2. The molecule has 0 radical (unpaired) electrons. The van der Waals surface area contributed by atoms with Crippen LogP contribution in [0.4, 0.5) is 5.82 Å². The number of hydrogen-bond donors (Lipinski definition) is 2. The number of carbonyl (C=O) groups is 1. The predicted molar refractivity (Wildman–Crippen MR) is 107 cm³/mol. The van der Waals surface area contributed by atoms with Crippen molar-refractivity contribution in [1.82, 2.24) is 15.3 Å². The Bertz CT molecular complexity index is 854. The molecule has 136 valence electrons. The molecule has 1 aromatic carbocycles. The Morgan fingerprint density at radius 3 is 2.85 bits per heavy atom. The number of anilines is 1. The van der Waals surface area contributed by atoms with Gasteiger partial charge >= 0.3 is 0 Å². The number of carbonyl (C=O) groups excluding carboxylic acids is 1. The van der Waals surface area contributed by atoms with Gasteiger partial charge in [-0.1, -0.05) is 31.5 Å². The van der Waals surface area contributed by atoms with Crippen LogP contribution in [0.1, 0.15) is 35.7 Å². The fraction of sp³-hybridized carbons (Fsp3) is 0.333. The van der Waals surface area contributed by atoms with Gasteiger partial charge in [-0.05, 0) is 36.6 Å². The number of nitrogens with one attached hydrogen (secondary N) is 2. The fourth-order valence-corrected chi connectivity index (χ4v) is 3.01. The molecule has 1 amide bonds. The quantitative estimate of drug-likeness (QED) is 0.650. The second-order valence-electron chi connectivity index (χ2n) is 6.55. The van der Waals surface area contributed by atoms with Crippen LogP contribution in [0.3, 0.4) is 0 Å². The number of amides is 1. The molecule has 0 bridgehead atoms. The van der Waals surface area contributed by atoms with Gasteiger partial charge in [0.2, 0.25) is 0 Å². The van der Waals surface area contributed by atoms with Crippen molar-refractivity contribution in [2.45, 2.75) is 26.2 Å². The number of fused-ring (bicyclic) bond motifs is 1. The first kappa shape index (κ1) is 18.0. The molecule has 2 heterocycles. The zero-order valence-corrected chi connectivity index (χ0v) is 15.5. The van der Waals surface area contributed by atoms with Crippen LogP contribution in [-0.2, 0) is 6.42 Å². The van der Waals surface area contributed by atoms with E-state index >= 15 is 0 Å². The van der Waals surface area contributed by atoms with Crippen LogP contribution in [0.25, 0.3) is 10.9 Å². The Balaban J connectivity index is 1.53. The molecule has 0 unspecified atom stereocenters. The summed E-state index contributed by atoms with van der Waals surface area (Å²) in [6.07, 6.45) is 6.74. The van der Waals surface area contributed by atoms with Crippen LogP contribution in [0.5, 0.6) is 0 Å². The minimum atomic E-state index is -0.0832. The fourth-order valence-electron chi connectivity index (χ4n) is 3.01. The van der Waals surface area contributed by atoms with Crippen LogP contribution >= 0.6 is 0 Å². The van der Waals surface area contributed by atoms with Gasteiger partial charge in [0.1, 0.15) is 5.82 Å². The van der Waals surface area contributed by atoms with Crippen molar-refractivity contribution in [2.75, 3.05) is 25.0 Å². The van der Waals surface area contributed by atoms with E-state index in [1.807, 2.05) is 37.5 Å². The number of benzene rings is 1. The van der Waals surface area contributed by atoms with Crippen molar-refractivity contribution in [3.63, 3.8) is 0 Å². The molecule has 26 heavy (non-hydrogen) atoms. The molecule has 2 N–H and O–H groups in total. The molecular formula is C21H26N4O. The number of H-pyrrole nitrogens is 1. The normalized spacial score (nSPS) is 10.8. The first-order valence-corrected chi connectivity index (χ1v) is 9.19. The molecule has 0 spiro atoms. The molecule has 0 saturated heterocycles. The highest BCUT2D eigenvalue weighted by Gasteiger charge is 2.08. The molecule has 3 aromatic rings. The van der Waals surface area contributed by atoms with Gasteiger partial charge < -0.3 is 15.2 Å². The topological polar surface area (TPSA) is 61.0 Å². The number of pyridine rings is 1. The molecule has 2 aromatic heterocycles. The summed E-state index contributed by atoms with van der Waals surface area (Å²) in [4.78, 5) is 22.1. The van der Waals surface area contributed by atoms with Gasteiger partial charge in [-0.15, -0.1) is 0 Å². The van der Waals surface area contributed by atoms with Crippen LogP contribution < -0.4 is 10.2 Å². The average molecular weight is 350 g/mol. The summed E-state index contributed by atoms with van der Waals surface area (Å²) in [6, 6.07) is 11.9. The maximum atomic E-state index is 12.3. The van der Waals surface area contributed by atoms with E-state index in [1.165, 1.54) is 10.9 Å². The van der Waals surface area contributed by atoms with Gasteiger partial charge in [0.25, 0.3) is 5.91 Å². The van der Waals surface area contributed by atoms with Crippen molar-refractivity contribution < 1.29 is 4.79 Å². The largest absolute Gasteiger partial charge is 0.361 e. The van der Waals surface area contributed by atoms with Crippen LogP contribution in [-0.4, -0.2) is 36.0 Å². The molecule has 3 rings (SSSR count). The SMILES string of the molecule is CCCCN(C)c1ccc(C(=O)NCCc2c[nH]c3ccccc23)cn1. The average Bonchev–Trinajstić information content (AvgIpc) is 3.09. The monoisotopic (exact) mass is 350 g/mol. The molecule has 5 heteroatoms. The van der Waals surface area contributed by atoms with Gasteiger partial charge in [-0.3, -0.25) is 4.79 Å². The lowest BCUT2D eigenvalue weighted by atomic mass is 10.1. The highest BCUT2D eigenvalue weighted by Crippen LogP contribution is 2.17. The number of hydrogen-bond acceptors (Lipinski definition) is 3. The molecule has 0 saturated carbocycles. The highest BCUT2D eigenvalue weighted by molar-refractivity contribution is 5.94.